The van der Waals surface area contributed by atoms with Gasteiger partial charge in [-0.3, -0.25) is 9.59 Å². The van der Waals surface area contributed by atoms with Gasteiger partial charge in [-0.25, -0.2) is 9.48 Å². The third kappa shape index (κ3) is 4.94. The first kappa shape index (κ1) is 21.3. The molecule has 1 aromatic carbocycles. The fraction of sp³-hybridized carbons (Fsp3) is 0.100. The number of esters is 1. The fourth-order valence-electron chi connectivity index (χ4n) is 2.54. The van der Waals surface area contributed by atoms with Crippen LogP contribution < -0.4 is 11.1 Å². The molecule has 154 valence electrons. The molecular weight excluding hydrogens is 428 g/mol. The molecule has 0 radical (unpaired) electrons. The van der Waals surface area contributed by atoms with Crippen molar-refractivity contribution < 1.29 is 19.1 Å². The fourth-order valence-corrected chi connectivity index (χ4v) is 3.68. The van der Waals surface area contributed by atoms with E-state index in [9.17, 15) is 14.4 Å². The largest absolute Gasteiger partial charge is 0.452 e. The average Bonchev–Trinajstić information content (AvgIpc) is 3.30. The lowest BCUT2D eigenvalue weighted by Gasteiger charge is -2.04. The maximum absolute atomic E-state index is 12.0. The third-order valence-corrected chi connectivity index (χ3v) is 5.16. The highest BCUT2D eigenvalue weighted by molar-refractivity contribution is 7.14. The number of hydrogen-bond acceptors (Lipinski definition) is 6. The van der Waals surface area contributed by atoms with E-state index in [1.807, 2.05) is 30.3 Å². The molecule has 2 heterocycles. The summed E-state index contributed by atoms with van der Waals surface area (Å²) < 4.78 is 6.49. The summed E-state index contributed by atoms with van der Waals surface area (Å²) in [6, 6.07) is 10.8. The van der Waals surface area contributed by atoms with Gasteiger partial charge >= 0.3 is 5.97 Å². The Kier molecular flexibility index (Phi) is 6.65. The molecule has 10 heteroatoms. The molecular formula is C20H17ClN4O4S. The van der Waals surface area contributed by atoms with Crippen molar-refractivity contribution in [3.8, 4) is 5.69 Å². The third-order valence-electron chi connectivity index (χ3n) is 3.96. The highest BCUT2D eigenvalue weighted by Crippen LogP contribution is 2.25. The highest BCUT2D eigenvalue weighted by Gasteiger charge is 2.15. The first-order valence-electron chi connectivity index (χ1n) is 8.69. The zero-order chi connectivity index (χ0) is 21.7. The number of halogens is 1. The van der Waals surface area contributed by atoms with Crippen molar-refractivity contribution >= 4 is 51.8 Å². The minimum atomic E-state index is -0.727. The minimum absolute atomic E-state index is 0.195. The number of nitrogens with two attached hydrogens (primary N) is 1. The van der Waals surface area contributed by atoms with Crippen molar-refractivity contribution in [3.63, 3.8) is 0 Å². The quantitative estimate of drug-likeness (QED) is 0.428. The van der Waals surface area contributed by atoms with E-state index in [0.29, 0.717) is 21.4 Å². The molecule has 8 nitrogen and oxygen atoms in total. The predicted octanol–water partition coefficient (Wildman–Crippen LogP) is 3.19. The predicted molar refractivity (Wildman–Crippen MR) is 115 cm³/mol. The summed E-state index contributed by atoms with van der Waals surface area (Å²) in [5.41, 5.74) is 7.39. The SMILES string of the molecule is Cc1nn(-c2ccccc2)c(Cl)c1/C=C/C(=O)OCC(=O)Nc1sccc1C(N)=O. The van der Waals surface area contributed by atoms with Crippen LogP contribution in [0.25, 0.3) is 11.8 Å². The number of aryl methyl sites for hydroxylation is 1. The Bertz CT molecular complexity index is 1120. The van der Waals surface area contributed by atoms with Crippen molar-refractivity contribution in [2.45, 2.75) is 6.92 Å². The number of carbonyl (C=O) groups excluding carboxylic acids is 3. The lowest BCUT2D eigenvalue weighted by atomic mass is 10.2. The van der Waals surface area contributed by atoms with Gasteiger partial charge in [-0.2, -0.15) is 5.10 Å². The van der Waals surface area contributed by atoms with Crippen LogP contribution in [0.4, 0.5) is 5.00 Å². The van der Waals surface area contributed by atoms with E-state index in [-0.39, 0.29) is 5.56 Å². The molecule has 0 bridgehead atoms. The van der Waals surface area contributed by atoms with Crippen LogP contribution >= 0.6 is 22.9 Å². The van der Waals surface area contributed by atoms with Crippen molar-refractivity contribution in [2.75, 3.05) is 11.9 Å². The second kappa shape index (κ2) is 9.38. The Labute approximate surface area is 180 Å². The van der Waals surface area contributed by atoms with Crippen LogP contribution in [0.3, 0.4) is 0 Å². The van der Waals surface area contributed by atoms with Gasteiger partial charge in [-0.1, -0.05) is 29.8 Å². The molecule has 0 atom stereocenters. The van der Waals surface area contributed by atoms with Crippen molar-refractivity contribution in [2.24, 2.45) is 5.73 Å². The van der Waals surface area contributed by atoms with Gasteiger partial charge in [0.05, 0.1) is 16.9 Å². The molecule has 0 aliphatic heterocycles. The van der Waals surface area contributed by atoms with Crippen molar-refractivity contribution in [1.82, 2.24) is 9.78 Å². The molecule has 2 amide bonds. The molecule has 0 saturated heterocycles. The van der Waals surface area contributed by atoms with Gasteiger partial charge in [-0.05, 0) is 36.6 Å². The summed E-state index contributed by atoms with van der Waals surface area (Å²) in [5, 5.41) is 9.12. The van der Waals surface area contributed by atoms with Crippen LogP contribution in [0.1, 0.15) is 21.6 Å². The number of hydrogen-bond donors (Lipinski definition) is 2. The molecule has 3 rings (SSSR count). The summed E-state index contributed by atoms with van der Waals surface area (Å²) in [7, 11) is 0. The van der Waals surface area contributed by atoms with E-state index in [2.05, 4.69) is 10.4 Å². The van der Waals surface area contributed by atoms with E-state index >= 15 is 0 Å². The summed E-state index contributed by atoms with van der Waals surface area (Å²) >= 11 is 7.53. The molecule has 0 unspecified atom stereocenters. The lowest BCUT2D eigenvalue weighted by Crippen LogP contribution is -2.21. The molecule has 0 saturated carbocycles. The average molecular weight is 445 g/mol. The van der Waals surface area contributed by atoms with Crippen molar-refractivity contribution in [1.29, 1.82) is 0 Å². The number of anilines is 1. The van der Waals surface area contributed by atoms with Crippen LogP contribution in [0.2, 0.25) is 5.15 Å². The topological polar surface area (TPSA) is 116 Å². The number of benzene rings is 1. The van der Waals surface area contributed by atoms with Crippen LogP contribution in [0.5, 0.6) is 0 Å². The number of ether oxygens (including phenoxy) is 1. The zero-order valence-electron chi connectivity index (χ0n) is 15.8. The van der Waals surface area contributed by atoms with Gasteiger partial charge in [0, 0.05) is 11.6 Å². The Morgan fingerprint density at radius 1 is 1.27 bits per heavy atom. The van der Waals surface area contributed by atoms with Crippen LogP contribution in [-0.4, -0.2) is 34.2 Å². The lowest BCUT2D eigenvalue weighted by molar-refractivity contribution is -0.142. The van der Waals surface area contributed by atoms with Crippen LogP contribution in [0, 0.1) is 6.92 Å². The van der Waals surface area contributed by atoms with Gasteiger partial charge in [0.1, 0.15) is 10.2 Å². The van der Waals surface area contributed by atoms with E-state index in [0.717, 1.165) is 17.0 Å². The second-order valence-corrected chi connectivity index (χ2v) is 7.33. The Morgan fingerprint density at radius 3 is 2.70 bits per heavy atom. The second-order valence-electron chi connectivity index (χ2n) is 6.05. The van der Waals surface area contributed by atoms with Gasteiger partial charge in [-0.15, -0.1) is 11.3 Å². The zero-order valence-corrected chi connectivity index (χ0v) is 17.4. The molecule has 2 aromatic heterocycles. The normalized spacial score (nSPS) is 10.9. The highest BCUT2D eigenvalue weighted by atomic mass is 35.5. The minimum Gasteiger partial charge on any atom is -0.452 e. The number of nitrogens with zero attached hydrogens (tertiary/aromatic N) is 2. The van der Waals surface area contributed by atoms with Crippen LogP contribution in [-0.2, 0) is 14.3 Å². The molecule has 0 spiro atoms. The summed E-state index contributed by atoms with van der Waals surface area (Å²) in [4.78, 5) is 35.2. The van der Waals surface area contributed by atoms with Crippen LogP contribution in [0.15, 0.2) is 47.9 Å². The summed E-state index contributed by atoms with van der Waals surface area (Å²) in [5.74, 6) is -1.98. The number of nitrogens with one attached hydrogen (secondary N) is 1. The molecule has 0 aliphatic rings. The number of aromatic nitrogens is 2. The monoisotopic (exact) mass is 444 g/mol. The first-order valence-corrected chi connectivity index (χ1v) is 9.95. The maximum Gasteiger partial charge on any atom is 0.331 e. The smallest absolute Gasteiger partial charge is 0.331 e. The van der Waals surface area contributed by atoms with E-state index in [1.165, 1.54) is 18.2 Å². The Balaban J connectivity index is 1.60. The molecule has 0 fully saturated rings. The number of amides is 2. The first-order chi connectivity index (χ1) is 14.4. The van der Waals surface area contributed by atoms with Gasteiger partial charge in [0.15, 0.2) is 6.61 Å². The summed E-state index contributed by atoms with van der Waals surface area (Å²) in [6.07, 6.45) is 2.65. The number of rotatable bonds is 7. The van der Waals surface area contributed by atoms with E-state index in [4.69, 9.17) is 22.1 Å². The Hall–Kier alpha value is -3.43. The Morgan fingerprint density at radius 2 is 2.00 bits per heavy atom. The van der Waals surface area contributed by atoms with E-state index < -0.39 is 24.4 Å². The standard InChI is InChI=1S/C20H17ClN4O4S/c1-12-14(18(21)25(24-12)13-5-3-2-4-6-13)7-8-17(27)29-11-16(26)23-20-15(19(22)28)9-10-30-20/h2-10H,11H2,1H3,(H2,22,28)(H,23,26)/b8-7+. The van der Waals surface area contributed by atoms with Gasteiger partial charge < -0.3 is 15.8 Å². The number of primary amides is 1. The van der Waals surface area contributed by atoms with Gasteiger partial charge in [0.2, 0.25) is 0 Å². The van der Waals surface area contributed by atoms with E-state index in [1.54, 1.807) is 17.0 Å². The summed E-state index contributed by atoms with van der Waals surface area (Å²) in [6.45, 7) is 1.25. The number of para-hydroxylation sites is 1. The van der Waals surface area contributed by atoms with Crippen molar-refractivity contribution in [3.05, 3.63) is 69.8 Å². The van der Waals surface area contributed by atoms with Gasteiger partial charge in [0.25, 0.3) is 11.8 Å². The molecule has 3 N–H and O–H groups in total. The number of thiophene rings is 1. The number of carbonyl (C=O) groups is 3. The molecule has 30 heavy (non-hydrogen) atoms. The molecule has 3 aromatic rings. The molecule has 0 aliphatic carbocycles. The maximum atomic E-state index is 12.0.